The van der Waals surface area contributed by atoms with Gasteiger partial charge in [0, 0.05) is 37.4 Å². The molecular formula is C12H24N4. The van der Waals surface area contributed by atoms with Crippen LogP contribution in [0.25, 0.3) is 0 Å². The van der Waals surface area contributed by atoms with Crippen molar-refractivity contribution in [3.63, 3.8) is 0 Å². The zero-order valence-electron chi connectivity index (χ0n) is 11.1. The fraction of sp³-hybridized carbons (Fsp3) is 0.750. The first kappa shape index (κ1) is 13.2. The lowest BCUT2D eigenvalue weighted by Crippen LogP contribution is -2.47. The lowest BCUT2D eigenvalue weighted by Gasteiger charge is -2.30. The summed E-state index contributed by atoms with van der Waals surface area (Å²) in [5.41, 5.74) is 1.42. The summed E-state index contributed by atoms with van der Waals surface area (Å²) in [7, 11) is 4.10. The molecule has 1 heterocycles. The van der Waals surface area contributed by atoms with Crippen LogP contribution in [0.4, 0.5) is 0 Å². The maximum atomic E-state index is 4.18. The van der Waals surface area contributed by atoms with E-state index in [4.69, 9.17) is 0 Å². The summed E-state index contributed by atoms with van der Waals surface area (Å²) in [6, 6.07) is 0. The predicted octanol–water partition coefficient (Wildman–Crippen LogP) is 1.24. The molecule has 4 heteroatoms. The van der Waals surface area contributed by atoms with Crippen LogP contribution in [0.3, 0.4) is 0 Å². The van der Waals surface area contributed by atoms with Gasteiger partial charge in [-0.05, 0) is 27.4 Å². The van der Waals surface area contributed by atoms with E-state index in [2.05, 4.69) is 49.3 Å². The Bertz CT molecular complexity index is 317. The van der Waals surface area contributed by atoms with Gasteiger partial charge in [-0.2, -0.15) is 5.10 Å². The number of hydrogen-bond donors (Lipinski definition) is 1. The molecule has 0 bridgehead atoms. The molecule has 1 aromatic rings. The maximum Gasteiger partial charge on any atom is 0.0534 e. The highest BCUT2D eigenvalue weighted by Gasteiger charge is 2.18. The molecule has 16 heavy (non-hydrogen) atoms. The minimum atomic E-state index is 0.158. The van der Waals surface area contributed by atoms with E-state index < -0.39 is 0 Å². The molecule has 92 valence electrons. The summed E-state index contributed by atoms with van der Waals surface area (Å²) < 4.78 is 1.85. The number of aromatic nitrogens is 2. The van der Waals surface area contributed by atoms with E-state index in [1.54, 1.807) is 0 Å². The molecule has 1 N–H and O–H groups in total. The fourth-order valence-electron chi connectivity index (χ4n) is 2.13. The lowest BCUT2D eigenvalue weighted by atomic mass is 10.1. The van der Waals surface area contributed by atoms with Gasteiger partial charge in [0.15, 0.2) is 0 Å². The molecular weight excluding hydrogens is 200 g/mol. The zero-order chi connectivity index (χ0) is 12.2. The molecule has 0 atom stereocenters. The Morgan fingerprint density at radius 2 is 2.19 bits per heavy atom. The van der Waals surface area contributed by atoms with Crippen molar-refractivity contribution in [3.05, 3.63) is 18.0 Å². The van der Waals surface area contributed by atoms with Crippen LogP contribution in [-0.2, 0) is 13.6 Å². The molecule has 0 aliphatic rings. The highest BCUT2D eigenvalue weighted by Crippen LogP contribution is 2.07. The SMILES string of the molecule is CCNC(C)(C)CN(C)Cc1cnn(C)c1. The number of rotatable bonds is 6. The third kappa shape index (κ3) is 4.33. The van der Waals surface area contributed by atoms with Gasteiger partial charge in [0.2, 0.25) is 0 Å². The van der Waals surface area contributed by atoms with E-state index in [0.717, 1.165) is 19.6 Å². The first-order valence-corrected chi connectivity index (χ1v) is 5.84. The van der Waals surface area contributed by atoms with Crippen LogP contribution in [0.15, 0.2) is 12.4 Å². The van der Waals surface area contributed by atoms with E-state index >= 15 is 0 Å². The van der Waals surface area contributed by atoms with Gasteiger partial charge in [0.05, 0.1) is 6.20 Å². The zero-order valence-corrected chi connectivity index (χ0v) is 11.1. The molecule has 0 amide bonds. The van der Waals surface area contributed by atoms with Crippen molar-refractivity contribution < 1.29 is 0 Å². The molecule has 0 saturated carbocycles. The molecule has 0 aliphatic heterocycles. The van der Waals surface area contributed by atoms with Crippen molar-refractivity contribution in [2.24, 2.45) is 7.05 Å². The Morgan fingerprint density at radius 1 is 1.50 bits per heavy atom. The number of nitrogens with zero attached hydrogens (tertiary/aromatic N) is 3. The molecule has 0 aromatic carbocycles. The first-order chi connectivity index (χ1) is 7.43. The quantitative estimate of drug-likeness (QED) is 0.789. The van der Waals surface area contributed by atoms with E-state index in [9.17, 15) is 0 Å². The van der Waals surface area contributed by atoms with Crippen LogP contribution in [0.2, 0.25) is 0 Å². The molecule has 0 fully saturated rings. The summed E-state index contributed by atoms with van der Waals surface area (Å²) in [6.45, 7) is 9.58. The third-order valence-electron chi connectivity index (χ3n) is 2.53. The van der Waals surface area contributed by atoms with Crippen molar-refractivity contribution >= 4 is 0 Å². The number of likely N-dealkylation sites (N-methyl/N-ethyl adjacent to an activating group) is 2. The Labute approximate surface area is 98.6 Å². The number of hydrogen-bond acceptors (Lipinski definition) is 3. The second kappa shape index (κ2) is 5.46. The molecule has 0 unspecified atom stereocenters. The highest BCUT2D eigenvalue weighted by atomic mass is 15.2. The van der Waals surface area contributed by atoms with Crippen molar-refractivity contribution in [1.82, 2.24) is 20.0 Å². The van der Waals surface area contributed by atoms with Crippen LogP contribution in [0.1, 0.15) is 26.3 Å². The first-order valence-electron chi connectivity index (χ1n) is 5.84. The van der Waals surface area contributed by atoms with Gasteiger partial charge in [-0.3, -0.25) is 4.68 Å². The Kier molecular flexibility index (Phi) is 4.50. The smallest absolute Gasteiger partial charge is 0.0534 e. The summed E-state index contributed by atoms with van der Waals surface area (Å²) in [5, 5.41) is 7.66. The number of nitrogens with one attached hydrogen (secondary N) is 1. The molecule has 0 spiro atoms. The van der Waals surface area contributed by atoms with E-state index in [0.29, 0.717) is 0 Å². The molecule has 1 aromatic heterocycles. The second-order valence-electron chi connectivity index (χ2n) is 5.11. The minimum Gasteiger partial charge on any atom is -0.311 e. The van der Waals surface area contributed by atoms with Gasteiger partial charge in [-0.25, -0.2) is 0 Å². The Hall–Kier alpha value is -0.870. The molecule has 4 nitrogen and oxygen atoms in total. The van der Waals surface area contributed by atoms with Crippen molar-refractivity contribution in [3.8, 4) is 0 Å². The fourth-order valence-corrected chi connectivity index (χ4v) is 2.13. The highest BCUT2D eigenvalue weighted by molar-refractivity contribution is 5.03. The van der Waals surface area contributed by atoms with E-state index in [1.165, 1.54) is 5.56 Å². The monoisotopic (exact) mass is 224 g/mol. The van der Waals surface area contributed by atoms with Crippen LogP contribution in [0, 0.1) is 0 Å². The molecule has 0 radical (unpaired) electrons. The molecule has 0 saturated heterocycles. The topological polar surface area (TPSA) is 33.1 Å². The normalized spacial score (nSPS) is 12.4. The van der Waals surface area contributed by atoms with Gasteiger partial charge < -0.3 is 10.2 Å². The molecule has 1 rings (SSSR count). The average Bonchev–Trinajstić information content (AvgIpc) is 2.49. The van der Waals surface area contributed by atoms with Crippen molar-refractivity contribution in [2.75, 3.05) is 20.1 Å². The summed E-state index contributed by atoms with van der Waals surface area (Å²) in [6.07, 6.45) is 3.99. The standard InChI is InChI=1S/C12H24N4/c1-6-13-12(2,3)10-15(4)8-11-7-14-16(5)9-11/h7,9,13H,6,8,10H2,1-5H3. The third-order valence-corrected chi connectivity index (χ3v) is 2.53. The van der Waals surface area contributed by atoms with Gasteiger partial charge >= 0.3 is 0 Å². The Morgan fingerprint density at radius 3 is 2.69 bits per heavy atom. The maximum absolute atomic E-state index is 4.18. The summed E-state index contributed by atoms with van der Waals surface area (Å²) in [5.74, 6) is 0. The van der Waals surface area contributed by atoms with Gasteiger partial charge in [0.1, 0.15) is 0 Å². The van der Waals surface area contributed by atoms with E-state index in [-0.39, 0.29) is 5.54 Å². The van der Waals surface area contributed by atoms with Gasteiger partial charge in [-0.1, -0.05) is 6.92 Å². The largest absolute Gasteiger partial charge is 0.311 e. The Balaban J connectivity index is 2.44. The molecule has 0 aliphatic carbocycles. The second-order valence-corrected chi connectivity index (χ2v) is 5.11. The summed E-state index contributed by atoms with van der Waals surface area (Å²) >= 11 is 0. The lowest BCUT2D eigenvalue weighted by molar-refractivity contribution is 0.231. The van der Waals surface area contributed by atoms with Crippen LogP contribution in [0.5, 0.6) is 0 Å². The van der Waals surface area contributed by atoms with Crippen LogP contribution >= 0.6 is 0 Å². The number of aryl methyl sites for hydroxylation is 1. The van der Waals surface area contributed by atoms with Crippen LogP contribution in [-0.4, -0.2) is 40.4 Å². The van der Waals surface area contributed by atoms with Crippen molar-refractivity contribution in [1.29, 1.82) is 0 Å². The van der Waals surface area contributed by atoms with Gasteiger partial charge in [-0.15, -0.1) is 0 Å². The van der Waals surface area contributed by atoms with Crippen LogP contribution < -0.4 is 5.32 Å². The van der Waals surface area contributed by atoms with Crippen molar-refractivity contribution in [2.45, 2.75) is 32.9 Å². The average molecular weight is 224 g/mol. The van der Waals surface area contributed by atoms with Gasteiger partial charge in [0.25, 0.3) is 0 Å². The predicted molar refractivity (Wildman–Crippen MR) is 67.3 cm³/mol. The minimum absolute atomic E-state index is 0.158. The summed E-state index contributed by atoms with van der Waals surface area (Å²) in [4.78, 5) is 2.32. The van der Waals surface area contributed by atoms with E-state index in [1.807, 2.05) is 17.9 Å².